The fourth-order valence-electron chi connectivity index (χ4n) is 3.05. The van der Waals surface area contributed by atoms with Gasteiger partial charge in [-0.1, -0.05) is 22.9 Å². The van der Waals surface area contributed by atoms with E-state index in [4.69, 9.17) is 23.9 Å². The van der Waals surface area contributed by atoms with Crippen molar-refractivity contribution in [2.45, 2.75) is 27.2 Å². The normalized spacial score (nSPS) is 10.8. The molecule has 0 N–H and O–H groups in total. The summed E-state index contributed by atoms with van der Waals surface area (Å²) in [5, 5.41) is 0.686. The van der Waals surface area contributed by atoms with Gasteiger partial charge in [-0.3, -0.25) is 4.98 Å². The van der Waals surface area contributed by atoms with Gasteiger partial charge in [0.25, 0.3) is 0 Å². The Hall–Kier alpha value is -2.64. The van der Waals surface area contributed by atoms with Crippen LogP contribution in [0, 0.1) is 13.8 Å². The third-order valence-corrected chi connectivity index (χ3v) is 5.16. The average Bonchev–Trinajstić information content (AvgIpc) is 2.73. The van der Waals surface area contributed by atoms with Gasteiger partial charge in [-0.2, -0.15) is 0 Å². The van der Waals surface area contributed by atoms with Crippen LogP contribution < -0.4 is 9.47 Å². The van der Waals surface area contributed by atoms with Gasteiger partial charge in [0, 0.05) is 28.2 Å². The van der Waals surface area contributed by atoms with E-state index in [9.17, 15) is 4.79 Å². The molecule has 0 unspecified atom stereocenters. The first-order valence-electron chi connectivity index (χ1n) is 9.63. The van der Waals surface area contributed by atoms with Crippen molar-refractivity contribution in [3.63, 3.8) is 0 Å². The van der Waals surface area contributed by atoms with Crippen molar-refractivity contribution in [3.8, 4) is 17.2 Å². The van der Waals surface area contributed by atoms with Crippen molar-refractivity contribution in [3.05, 3.63) is 57.7 Å². The molecule has 0 radical (unpaired) electrons. The number of rotatable bonds is 7. The molecular weight excluding hydrogens is 450 g/mol. The Morgan fingerprint density at radius 2 is 1.83 bits per heavy atom. The maximum absolute atomic E-state index is 12.2. The van der Waals surface area contributed by atoms with Crippen molar-refractivity contribution >= 4 is 33.0 Å². The Labute approximate surface area is 184 Å². The number of benzene rings is 2. The molecule has 0 aliphatic rings. The van der Waals surface area contributed by atoms with Gasteiger partial charge in [0.15, 0.2) is 0 Å². The van der Waals surface area contributed by atoms with Gasteiger partial charge < -0.3 is 18.9 Å². The zero-order valence-electron chi connectivity index (χ0n) is 17.5. The van der Waals surface area contributed by atoms with E-state index in [-0.39, 0.29) is 6.61 Å². The number of carbonyl (C=O) groups excluding carboxylic acids is 1. The lowest BCUT2D eigenvalue weighted by atomic mass is 10.0. The molecule has 0 amide bonds. The third kappa shape index (κ3) is 5.09. The molecule has 30 heavy (non-hydrogen) atoms. The van der Waals surface area contributed by atoms with Crippen molar-refractivity contribution in [2.75, 3.05) is 20.3 Å². The molecule has 0 saturated heterocycles. The van der Waals surface area contributed by atoms with E-state index in [1.165, 1.54) is 7.11 Å². The Morgan fingerprint density at radius 1 is 1.10 bits per heavy atom. The van der Waals surface area contributed by atoms with Crippen LogP contribution in [0.1, 0.15) is 23.7 Å². The van der Waals surface area contributed by atoms with Crippen LogP contribution in [0.25, 0.3) is 10.9 Å². The van der Waals surface area contributed by atoms with Gasteiger partial charge >= 0.3 is 6.16 Å². The first kappa shape index (κ1) is 22.1. The third-order valence-electron chi connectivity index (χ3n) is 4.64. The second kappa shape index (κ2) is 9.91. The molecule has 0 aliphatic carbocycles. The quantitative estimate of drug-likeness (QED) is 0.303. The predicted octanol–water partition coefficient (Wildman–Crippen LogP) is 6.13. The van der Waals surface area contributed by atoms with Crippen molar-refractivity contribution in [1.82, 2.24) is 4.98 Å². The van der Waals surface area contributed by atoms with Gasteiger partial charge in [-0.15, -0.1) is 0 Å². The van der Waals surface area contributed by atoms with E-state index >= 15 is 0 Å². The summed E-state index contributed by atoms with van der Waals surface area (Å²) in [5.74, 6) is 1.80. The number of pyridine rings is 1. The molecule has 0 fully saturated rings. The Balaban J connectivity index is 2.02. The fraction of sp³-hybridized carbons (Fsp3) is 0.304. The summed E-state index contributed by atoms with van der Waals surface area (Å²) in [6.07, 6.45) is -0.0618. The largest absolute Gasteiger partial charge is 0.513 e. The summed E-state index contributed by atoms with van der Waals surface area (Å²) in [6.45, 7) is 6.28. The highest BCUT2D eigenvalue weighted by Crippen LogP contribution is 2.37. The molecule has 1 aromatic heterocycles. The number of nitrogens with zero attached hydrogens (tertiary/aromatic N) is 1. The Kier molecular flexibility index (Phi) is 7.29. The van der Waals surface area contributed by atoms with Crippen LogP contribution >= 0.6 is 15.9 Å². The smallest absolute Gasteiger partial charge is 0.457 e. The lowest BCUT2D eigenvalue weighted by Crippen LogP contribution is -2.15. The number of aryl methyl sites for hydroxylation is 2. The summed E-state index contributed by atoms with van der Waals surface area (Å²) < 4.78 is 22.6. The molecule has 0 saturated carbocycles. The molecule has 3 rings (SSSR count). The zero-order valence-corrected chi connectivity index (χ0v) is 19.0. The van der Waals surface area contributed by atoms with Crippen LogP contribution in [0.2, 0.25) is 0 Å². The summed E-state index contributed by atoms with van der Waals surface area (Å²) in [7, 11) is 1.54. The summed E-state index contributed by atoms with van der Waals surface area (Å²) in [6, 6.07) is 11.4. The first-order chi connectivity index (χ1) is 14.4. The van der Waals surface area contributed by atoms with E-state index in [0.717, 1.165) is 26.8 Å². The molecule has 3 aromatic rings. The lowest BCUT2D eigenvalue weighted by molar-refractivity contribution is 0.0687. The van der Waals surface area contributed by atoms with E-state index in [2.05, 4.69) is 15.9 Å². The van der Waals surface area contributed by atoms with E-state index in [1.54, 1.807) is 0 Å². The number of hydrogen-bond donors (Lipinski definition) is 0. The Morgan fingerprint density at radius 3 is 2.50 bits per heavy atom. The van der Waals surface area contributed by atoms with E-state index in [1.807, 2.05) is 57.2 Å². The van der Waals surface area contributed by atoms with Crippen molar-refractivity contribution < 1.29 is 23.7 Å². The Bertz CT molecular complexity index is 1050. The molecule has 0 spiro atoms. The molecule has 1 heterocycles. The van der Waals surface area contributed by atoms with Crippen LogP contribution in [0.4, 0.5) is 4.79 Å². The topological polar surface area (TPSA) is 66.9 Å². The van der Waals surface area contributed by atoms with Gasteiger partial charge in [0.1, 0.15) is 23.9 Å². The lowest BCUT2D eigenvalue weighted by Gasteiger charge is -2.16. The van der Waals surface area contributed by atoms with Gasteiger partial charge in [-0.05, 0) is 62.2 Å². The van der Waals surface area contributed by atoms with Crippen LogP contribution in [0.15, 0.2) is 40.9 Å². The number of fused-ring (bicyclic) bond motifs is 1. The number of carbonyl (C=O) groups is 1. The van der Waals surface area contributed by atoms with Crippen LogP contribution in [-0.2, 0) is 15.9 Å². The van der Waals surface area contributed by atoms with E-state index < -0.39 is 6.16 Å². The highest BCUT2D eigenvalue weighted by atomic mass is 79.9. The number of aromatic nitrogens is 1. The molecule has 2 aromatic carbocycles. The fourth-order valence-corrected chi connectivity index (χ4v) is 3.31. The molecule has 7 heteroatoms. The molecule has 158 valence electrons. The molecule has 0 atom stereocenters. The standard InChI is InChI=1S/C23H24BrNO5/c1-5-19-15(3)22(30-23(26)28-11-10-27-4)18-13-21(14(2)12-20(18)25-19)29-17-8-6-16(24)7-9-17/h6-9,12-13H,5,10-11H2,1-4H3. The first-order valence-corrected chi connectivity index (χ1v) is 10.4. The van der Waals surface area contributed by atoms with Gasteiger partial charge in [0.05, 0.1) is 12.1 Å². The highest BCUT2D eigenvalue weighted by Gasteiger charge is 2.18. The van der Waals surface area contributed by atoms with Crippen molar-refractivity contribution in [1.29, 1.82) is 0 Å². The van der Waals surface area contributed by atoms with Crippen LogP contribution in [-0.4, -0.2) is 31.5 Å². The van der Waals surface area contributed by atoms with Crippen LogP contribution in [0.5, 0.6) is 17.2 Å². The second-order valence-electron chi connectivity index (χ2n) is 6.75. The van der Waals surface area contributed by atoms with E-state index in [0.29, 0.717) is 35.7 Å². The summed E-state index contributed by atoms with van der Waals surface area (Å²) in [4.78, 5) is 16.9. The SMILES string of the molecule is CCc1nc2cc(C)c(Oc3ccc(Br)cc3)cc2c(OC(=O)OCCOC)c1C. The second-order valence-corrected chi connectivity index (χ2v) is 7.67. The highest BCUT2D eigenvalue weighted by molar-refractivity contribution is 9.10. The maximum Gasteiger partial charge on any atom is 0.513 e. The minimum atomic E-state index is -0.777. The summed E-state index contributed by atoms with van der Waals surface area (Å²) >= 11 is 3.42. The average molecular weight is 474 g/mol. The number of methoxy groups -OCH3 is 1. The molecular formula is C23H24BrNO5. The predicted molar refractivity (Wildman–Crippen MR) is 119 cm³/mol. The molecule has 0 bridgehead atoms. The number of ether oxygens (including phenoxy) is 4. The zero-order chi connectivity index (χ0) is 21.7. The summed E-state index contributed by atoms with van der Waals surface area (Å²) in [5.41, 5.74) is 3.32. The van der Waals surface area contributed by atoms with Crippen LogP contribution in [0.3, 0.4) is 0 Å². The van der Waals surface area contributed by atoms with Gasteiger partial charge in [-0.25, -0.2) is 4.79 Å². The minimum absolute atomic E-state index is 0.120. The molecule has 0 aliphatic heterocycles. The maximum atomic E-state index is 12.2. The monoisotopic (exact) mass is 473 g/mol. The van der Waals surface area contributed by atoms with Gasteiger partial charge in [0.2, 0.25) is 0 Å². The number of hydrogen-bond acceptors (Lipinski definition) is 6. The molecule has 6 nitrogen and oxygen atoms in total. The van der Waals surface area contributed by atoms with Crippen molar-refractivity contribution in [2.24, 2.45) is 0 Å². The minimum Gasteiger partial charge on any atom is -0.457 e. The number of halogens is 1.